The molecule has 0 aromatic heterocycles. The average molecular weight is 363 g/mol. The van der Waals surface area contributed by atoms with E-state index in [1.165, 1.54) is 30.4 Å². The molecule has 0 N–H and O–H groups in total. The molecule has 1 aliphatic rings. The van der Waals surface area contributed by atoms with Crippen LogP contribution in [-0.4, -0.2) is 37.5 Å². The summed E-state index contributed by atoms with van der Waals surface area (Å²) in [6.07, 6.45) is 7.72. The zero-order valence-electron chi connectivity index (χ0n) is 16.4. The Bertz CT molecular complexity index is 769. The number of hydrogen-bond donors (Lipinski definition) is 0. The van der Waals surface area contributed by atoms with Crippen molar-refractivity contribution in [3.05, 3.63) is 77.9 Å². The lowest BCUT2D eigenvalue weighted by Gasteiger charge is -2.17. The van der Waals surface area contributed by atoms with Gasteiger partial charge in [-0.25, -0.2) is 0 Å². The van der Waals surface area contributed by atoms with Crippen molar-refractivity contribution in [2.45, 2.75) is 32.1 Å². The van der Waals surface area contributed by atoms with Crippen molar-refractivity contribution in [2.24, 2.45) is 0 Å². The van der Waals surface area contributed by atoms with Gasteiger partial charge in [0.1, 0.15) is 0 Å². The third-order valence-electron chi connectivity index (χ3n) is 5.25. The van der Waals surface area contributed by atoms with E-state index in [0.717, 1.165) is 43.7 Å². The smallest absolute Gasteiger partial charge is 0.258 e. The lowest BCUT2D eigenvalue weighted by Crippen LogP contribution is -2.28. The number of nitrogens with zero attached hydrogens (tertiary/aromatic N) is 2. The fourth-order valence-electron chi connectivity index (χ4n) is 3.76. The van der Waals surface area contributed by atoms with E-state index >= 15 is 0 Å². The monoisotopic (exact) mass is 362 g/mol. The number of hydrogen-bond acceptors (Lipinski definition) is 2. The van der Waals surface area contributed by atoms with E-state index < -0.39 is 0 Å². The Hall–Kier alpha value is -2.39. The van der Waals surface area contributed by atoms with Gasteiger partial charge in [-0.05, 0) is 68.6 Å². The number of aryl methyl sites for hydroxylation is 1. The van der Waals surface area contributed by atoms with Crippen molar-refractivity contribution in [1.82, 2.24) is 4.90 Å². The summed E-state index contributed by atoms with van der Waals surface area (Å²) in [5.74, 6) is 0.103. The van der Waals surface area contributed by atoms with Gasteiger partial charge in [0, 0.05) is 24.3 Å². The molecule has 3 heteroatoms. The molecule has 0 saturated heterocycles. The average Bonchev–Trinajstić information content (AvgIpc) is 3.11. The van der Waals surface area contributed by atoms with E-state index in [-0.39, 0.29) is 5.91 Å². The van der Waals surface area contributed by atoms with Crippen molar-refractivity contribution in [3.63, 3.8) is 0 Å². The van der Waals surface area contributed by atoms with Gasteiger partial charge in [-0.1, -0.05) is 42.8 Å². The first-order chi connectivity index (χ1) is 13.2. The predicted octanol–water partition coefficient (Wildman–Crippen LogP) is 4.72. The molecular formula is C24H30N2O. The first-order valence-electron chi connectivity index (χ1n) is 9.97. The highest BCUT2D eigenvalue weighted by molar-refractivity contribution is 6.07. The standard InChI is InChI=1S/C24H30N2O/c1-3-16-25(2)17-9-5-6-10-20-13-14-23-22(19-20)15-18-26(23)24(27)21-11-7-4-8-12-21/h3-4,7-8,11-14,19H,1,5-6,9-10,15-18H2,2H3. The highest BCUT2D eigenvalue weighted by atomic mass is 16.2. The van der Waals surface area contributed by atoms with Gasteiger partial charge in [0.25, 0.3) is 5.91 Å². The Morgan fingerprint density at radius 2 is 1.96 bits per heavy atom. The molecule has 1 heterocycles. The molecule has 2 aromatic rings. The summed E-state index contributed by atoms with van der Waals surface area (Å²) in [5, 5.41) is 0. The van der Waals surface area contributed by atoms with E-state index in [0.29, 0.717) is 0 Å². The highest BCUT2D eigenvalue weighted by Crippen LogP contribution is 2.30. The van der Waals surface area contributed by atoms with Crippen LogP contribution < -0.4 is 4.90 Å². The molecular weight excluding hydrogens is 332 g/mol. The van der Waals surface area contributed by atoms with Crippen LogP contribution in [0.4, 0.5) is 5.69 Å². The second-order valence-corrected chi connectivity index (χ2v) is 7.40. The molecule has 3 nitrogen and oxygen atoms in total. The molecule has 0 bridgehead atoms. The number of carbonyl (C=O) groups is 1. The van der Waals surface area contributed by atoms with E-state index in [9.17, 15) is 4.79 Å². The lowest BCUT2D eigenvalue weighted by atomic mass is 10.0. The topological polar surface area (TPSA) is 23.6 Å². The summed E-state index contributed by atoms with van der Waals surface area (Å²) in [7, 11) is 2.14. The molecule has 0 unspecified atom stereocenters. The van der Waals surface area contributed by atoms with Crippen molar-refractivity contribution >= 4 is 11.6 Å². The normalized spacial score (nSPS) is 13.0. The van der Waals surface area contributed by atoms with Crippen molar-refractivity contribution in [1.29, 1.82) is 0 Å². The molecule has 1 aliphatic heterocycles. The first kappa shape index (κ1) is 19.4. The van der Waals surface area contributed by atoms with Crippen LogP contribution >= 0.6 is 0 Å². The maximum atomic E-state index is 12.8. The second kappa shape index (κ2) is 9.52. The van der Waals surface area contributed by atoms with Gasteiger partial charge < -0.3 is 9.80 Å². The molecule has 3 rings (SSSR count). The van der Waals surface area contributed by atoms with Gasteiger partial charge in [0.2, 0.25) is 0 Å². The van der Waals surface area contributed by atoms with E-state index in [2.05, 4.69) is 36.7 Å². The van der Waals surface area contributed by atoms with Crippen LogP contribution in [0.5, 0.6) is 0 Å². The van der Waals surface area contributed by atoms with Crippen molar-refractivity contribution in [3.8, 4) is 0 Å². The SMILES string of the molecule is C=CCN(C)CCCCCc1ccc2c(c1)CCN2C(=O)c1ccccc1. The number of rotatable bonds is 9. The maximum Gasteiger partial charge on any atom is 0.258 e. The van der Waals surface area contributed by atoms with Gasteiger partial charge in [-0.2, -0.15) is 0 Å². The first-order valence-corrected chi connectivity index (χ1v) is 9.97. The molecule has 2 aromatic carbocycles. The van der Waals surface area contributed by atoms with Gasteiger partial charge in [-0.15, -0.1) is 6.58 Å². The third-order valence-corrected chi connectivity index (χ3v) is 5.25. The molecule has 0 fully saturated rings. The third kappa shape index (κ3) is 5.08. The fourth-order valence-corrected chi connectivity index (χ4v) is 3.76. The van der Waals surface area contributed by atoms with E-state index in [1.54, 1.807) is 0 Å². The van der Waals surface area contributed by atoms with Crippen molar-refractivity contribution in [2.75, 3.05) is 31.6 Å². The van der Waals surface area contributed by atoms with Gasteiger partial charge in [0.15, 0.2) is 0 Å². The lowest BCUT2D eigenvalue weighted by molar-refractivity contribution is 0.0989. The Morgan fingerprint density at radius 1 is 1.15 bits per heavy atom. The fraction of sp³-hybridized carbons (Fsp3) is 0.375. The quantitative estimate of drug-likeness (QED) is 0.476. The number of amides is 1. The zero-order chi connectivity index (χ0) is 19.1. The minimum absolute atomic E-state index is 0.103. The number of benzene rings is 2. The summed E-state index contributed by atoms with van der Waals surface area (Å²) in [6.45, 7) is 6.65. The van der Waals surface area contributed by atoms with Crippen LogP contribution in [0.25, 0.3) is 0 Å². The summed E-state index contributed by atoms with van der Waals surface area (Å²) >= 11 is 0. The van der Waals surface area contributed by atoms with Crippen LogP contribution in [0.3, 0.4) is 0 Å². The van der Waals surface area contributed by atoms with Crippen LogP contribution in [-0.2, 0) is 12.8 Å². The van der Waals surface area contributed by atoms with Crippen LogP contribution in [0, 0.1) is 0 Å². The van der Waals surface area contributed by atoms with Gasteiger partial charge in [0.05, 0.1) is 0 Å². The summed E-state index contributed by atoms with van der Waals surface area (Å²) < 4.78 is 0. The molecule has 27 heavy (non-hydrogen) atoms. The summed E-state index contributed by atoms with van der Waals surface area (Å²) in [5.41, 5.74) is 4.54. The number of anilines is 1. The molecule has 0 spiro atoms. The zero-order valence-corrected chi connectivity index (χ0v) is 16.4. The molecule has 142 valence electrons. The maximum absolute atomic E-state index is 12.8. The number of fused-ring (bicyclic) bond motifs is 1. The molecule has 0 radical (unpaired) electrons. The number of carbonyl (C=O) groups excluding carboxylic acids is 1. The second-order valence-electron chi connectivity index (χ2n) is 7.40. The van der Waals surface area contributed by atoms with E-state index in [4.69, 9.17) is 0 Å². The van der Waals surface area contributed by atoms with Crippen molar-refractivity contribution < 1.29 is 4.79 Å². The Morgan fingerprint density at radius 3 is 2.74 bits per heavy atom. The van der Waals surface area contributed by atoms with Gasteiger partial charge in [-0.3, -0.25) is 4.79 Å². The molecule has 0 saturated carbocycles. The number of unbranched alkanes of at least 4 members (excludes halogenated alkanes) is 2. The van der Waals surface area contributed by atoms with Gasteiger partial charge >= 0.3 is 0 Å². The summed E-state index contributed by atoms with van der Waals surface area (Å²) in [6, 6.07) is 16.2. The Balaban J connectivity index is 1.52. The minimum Gasteiger partial charge on any atom is -0.308 e. The molecule has 0 aliphatic carbocycles. The molecule has 0 atom stereocenters. The van der Waals surface area contributed by atoms with E-state index in [1.807, 2.05) is 41.3 Å². The predicted molar refractivity (Wildman–Crippen MR) is 114 cm³/mol. The number of likely N-dealkylation sites (N-methyl/N-ethyl adjacent to an activating group) is 1. The largest absolute Gasteiger partial charge is 0.308 e. The summed E-state index contributed by atoms with van der Waals surface area (Å²) in [4.78, 5) is 17.0. The van der Waals surface area contributed by atoms with Crippen LogP contribution in [0.2, 0.25) is 0 Å². The highest BCUT2D eigenvalue weighted by Gasteiger charge is 2.25. The Kier molecular flexibility index (Phi) is 6.83. The Labute approximate surface area is 163 Å². The minimum atomic E-state index is 0.103. The molecule has 1 amide bonds. The van der Waals surface area contributed by atoms with Crippen LogP contribution in [0.1, 0.15) is 40.7 Å². The van der Waals surface area contributed by atoms with Crippen LogP contribution in [0.15, 0.2) is 61.2 Å².